The van der Waals surface area contributed by atoms with Crippen LogP contribution in [-0.2, 0) is 21.3 Å². The van der Waals surface area contributed by atoms with Gasteiger partial charge in [0.15, 0.2) is 0 Å². The highest BCUT2D eigenvalue weighted by Gasteiger charge is 2.33. The van der Waals surface area contributed by atoms with Crippen molar-refractivity contribution in [3.63, 3.8) is 0 Å². The first kappa shape index (κ1) is 25.3. The number of nitrogens with zero attached hydrogens (tertiary/aromatic N) is 2. The van der Waals surface area contributed by atoms with Gasteiger partial charge in [0.2, 0.25) is 11.8 Å². The number of benzene rings is 2. The summed E-state index contributed by atoms with van der Waals surface area (Å²) in [5, 5.41) is 18.2. The predicted molar refractivity (Wildman–Crippen MR) is 122 cm³/mol. The third-order valence-corrected chi connectivity index (χ3v) is 5.67. The number of nitrogens with one attached hydrogen (secondary N) is 1. The van der Waals surface area contributed by atoms with E-state index in [2.05, 4.69) is 10.4 Å². The maximum Gasteiger partial charge on any atom is 0.416 e. The SMILES string of the molecule is C/C(=N\N(CC(=O)NC(C)(C)c1cccc(C(F)(F)F)c1)C(=O)CC1CC1)c1ccccc1O. The Balaban J connectivity index is 1.79. The van der Waals surface area contributed by atoms with Crippen molar-refractivity contribution in [1.29, 1.82) is 0 Å². The normalized spacial score (nSPS) is 14.6. The molecule has 2 aromatic carbocycles. The lowest BCUT2D eigenvalue weighted by Gasteiger charge is -2.29. The molecule has 0 atom stereocenters. The molecule has 0 radical (unpaired) electrons. The van der Waals surface area contributed by atoms with Crippen molar-refractivity contribution in [1.82, 2.24) is 10.3 Å². The van der Waals surface area contributed by atoms with Crippen LogP contribution in [0.25, 0.3) is 0 Å². The first-order valence-corrected chi connectivity index (χ1v) is 11.0. The quantitative estimate of drug-likeness (QED) is 0.425. The molecule has 3 rings (SSSR count). The number of rotatable bonds is 8. The fourth-order valence-corrected chi connectivity index (χ4v) is 3.55. The molecule has 34 heavy (non-hydrogen) atoms. The van der Waals surface area contributed by atoms with Crippen LogP contribution in [0, 0.1) is 5.92 Å². The van der Waals surface area contributed by atoms with Gasteiger partial charge in [0, 0.05) is 12.0 Å². The Morgan fingerprint density at radius 3 is 2.35 bits per heavy atom. The molecule has 0 heterocycles. The number of halogens is 3. The summed E-state index contributed by atoms with van der Waals surface area (Å²) in [7, 11) is 0. The molecule has 0 spiro atoms. The predicted octanol–water partition coefficient (Wildman–Crippen LogP) is 4.82. The molecule has 1 saturated carbocycles. The van der Waals surface area contributed by atoms with E-state index in [1.54, 1.807) is 39.0 Å². The van der Waals surface area contributed by atoms with Crippen molar-refractivity contribution in [2.75, 3.05) is 6.54 Å². The van der Waals surface area contributed by atoms with Gasteiger partial charge in [0.25, 0.3) is 0 Å². The second kappa shape index (κ2) is 9.87. The number of amides is 2. The lowest BCUT2D eigenvalue weighted by molar-refractivity contribution is -0.138. The van der Waals surface area contributed by atoms with Crippen LogP contribution < -0.4 is 5.32 Å². The highest BCUT2D eigenvalue weighted by atomic mass is 19.4. The van der Waals surface area contributed by atoms with Gasteiger partial charge in [-0.2, -0.15) is 18.3 Å². The maximum atomic E-state index is 13.1. The number of alkyl halides is 3. The zero-order valence-electron chi connectivity index (χ0n) is 19.3. The fraction of sp³-hybridized carbons (Fsp3) is 0.400. The summed E-state index contributed by atoms with van der Waals surface area (Å²) >= 11 is 0. The van der Waals surface area contributed by atoms with Gasteiger partial charge in [-0.1, -0.05) is 24.3 Å². The van der Waals surface area contributed by atoms with Crippen LogP contribution in [0.15, 0.2) is 53.6 Å². The molecule has 2 aromatic rings. The van der Waals surface area contributed by atoms with E-state index in [0.29, 0.717) is 11.3 Å². The molecule has 2 N–H and O–H groups in total. The first-order valence-electron chi connectivity index (χ1n) is 11.0. The number of hydrogen-bond donors (Lipinski definition) is 2. The Hall–Kier alpha value is -3.36. The van der Waals surface area contributed by atoms with Gasteiger partial charge in [-0.3, -0.25) is 9.59 Å². The third kappa shape index (κ3) is 6.59. The van der Waals surface area contributed by atoms with Gasteiger partial charge < -0.3 is 10.4 Å². The lowest BCUT2D eigenvalue weighted by atomic mass is 9.92. The minimum atomic E-state index is -4.50. The highest BCUT2D eigenvalue weighted by Crippen LogP contribution is 2.33. The average Bonchev–Trinajstić information content (AvgIpc) is 3.56. The molecular formula is C25H28F3N3O3. The van der Waals surface area contributed by atoms with Crippen LogP contribution in [0.2, 0.25) is 0 Å². The van der Waals surface area contributed by atoms with E-state index < -0.39 is 29.7 Å². The molecule has 2 amide bonds. The summed E-state index contributed by atoms with van der Waals surface area (Å²) in [5.41, 5.74) is -0.875. The second-order valence-corrected chi connectivity index (χ2v) is 9.05. The molecule has 1 aliphatic carbocycles. The zero-order valence-corrected chi connectivity index (χ0v) is 19.3. The summed E-state index contributed by atoms with van der Waals surface area (Å²) in [4.78, 5) is 25.7. The zero-order chi connectivity index (χ0) is 25.1. The van der Waals surface area contributed by atoms with Gasteiger partial charge in [-0.15, -0.1) is 0 Å². The Bertz CT molecular complexity index is 1090. The van der Waals surface area contributed by atoms with E-state index in [1.165, 1.54) is 18.2 Å². The van der Waals surface area contributed by atoms with Crippen LogP contribution >= 0.6 is 0 Å². The largest absolute Gasteiger partial charge is 0.507 e. The molecule has 6 nitrogen and oxygen atoms in total. The molecule has 182 valence electrons. The van der Waals surface area contributed by atoms with Crippen molar-refractivity contribution in [3.05, 3.63) is 65.2 Å². The Morgan fingerprint density at radius 1 is 1.09 bits per heavy atom. The molecular weight excluding hydrogens is 447 g/mol. The summed E-state index contributed by atoms with van der Waals surface area (Å²) in [5.74, 6) is -0.640. The average molecular weight is 476 g/mol. The van der Waals surface area contributed by atoms with Crippen molar-refractivity contribution < 1.29 is 27.9 Å². The number of hydrazone groups is 1. The molecule has 0 aliphatic heterocycles. The van der Waals surface area contributed by atoms with Gasteiger partial charge >= 0.3 is 6.18 Å². The summed E-state index contributed by atoms with van der Waals surface area (Å²) in [6, 6.07) is 11.3. The number of carbonyl (C=O) groups is 2. The van der Waals surface area contributed by atoms with E-state index in [9.17, 15) is 27.9 Å². The van der Waals surface area contributed by atoms with Crippen LogP contribution in [0.1, 0.15) is 56.7 Å². The smallest absolute Gasteiger partial charge is 0.416 e. The van der Waals surface area contributed by atoms with Gasteiger partial charge in [-0.05, 0) is 69.4 Å². The molecule has 0 saturated heterocycles. The minimum Gasteiger partial charge on any atom is -0.507 e. The van der Waals surface area contributed by atoms with E-state index in [-0.39, 0.29) is 29.6 Å². The van der Waals surface area contributed by atoms with Crippen LogP contribution in [0.4, 0.5) is 13.2 Å². The Labute approximate surface area is 196 Å². The number of phenolic OH excluding ortho intramolecular Hbond substituents is 1. The topological polar surface area (TPSA) is 82.0 Å². The highest BCUT2D eigenvalue weighted by molar-refractivity contribution is 6.01. The Kier molecular flexibility index (Phi) is 7.33. The van der Waals surface area contributed by atoms with Gasteiger partial charge in [0.05, 0.1) is 16.8 Å². The van der Waals surface area contributed by atoms with Crippen LogP contribution in [0.3, 0.4) is 0 Å². The van der Waals surface area contributed by atoms with E-state index in [1.807, 2.05) is 0 Å². The van der Waals surface area contributed by atoms with E-state index in [4.69, 9.17) is 0 Å². The molecule has 9 heteroatoms. The monoisotopic (exact) mass is 475 g/mol. The molecule has 1 fully saturated rings. The van der Waals surface area contributed by atoms with Gasteiger partial charge in [-0.25, -0.2) is 5.01 Å². The van der Waals surface area contributed by atoms with E-state index >= 15 is 0 Å². The van der Waals surface area contributed by atoms with Crippen LogP contribution in [-0.4, -0.2) is 34.2 Å². The van der Waals surface area contributed by atoms with Crippen molar-refractivity contribution in [2.45, 2.75) is 51.7 Å². The van der Waals surface area contributed by atoms with Crippen molar-refractivity contribution in [3.8, 4) is 5.75 Å². The second-order valence-electron chi connectivity index (χ2n) is 9.05. The molecule has 1 aliphatic rings. The number of para-hydroxylation sites is 1. The minimum absolute atomic E-state index is 0.00604. The summed E-state index contributed by atoms with van der Waals surface area (Å²) < 4.78 is 39.3. The Morgan fingerprint density at radius 2 is 1.74 bits per heavy atom. The first-order chi connectivity index (χ1) is 15.9. The van der Waals surface area contributed by atoms with Gasteiger partial charge in [0.1, 0.15) is 12.3 Å². The summed E-state index contributed by atoms with van der Waals surface area (Å²) in [6.07, 6.45) is -2.37. The number of hydrogen-bond acceptors (Lipinski definition) is 4. The molecule has 0 aromatic heterocycles. The lowest BCUT2D eigenvalue weighted by Crippen LogP contribution is -2.46. The number of carbonyl (C=O) groups excluding carboxylic acids is 2. The third-order valence-electron chi connectivity index (χ3n) is 5.67. The fourth-order valence-electron chi connectivity index (χ4n) is 3.55. The van der Waals surface area contributed by atoms with Crippen LogP contribution in [0.5, 0.6) is 5.75 Å². The number of phenols is 1. The maximum absolute atomic E-state index is 13.1. The van der Waals surface area contributed by atoms with E-state index in [0.717, 1.165) is 30.0 Å². The van der Waals surface area contributed by atoms with Crippen molar-refractivity contribution in [2.24, 2.45) is 11.0 Å². The number of aromatic hydroxyl groups is 1. The summed E-state index contributed by atoms with van der Waals surface area (Å²) in [6.45, 7) is 4.40. The van der Waals surface area contributed by atoms with Crippen molar-refractivity contribution >= 4 is 17.5 Å². The molecule has 0 unspecified atom stereocenters. The standard InChI is InChI=1S/C25H28F3N3O3/c1-16(20-9-4-5-10-21(20)32)30-31(23(34)13-17-11-12-17)15-22(33)29-24(2,3)18-7-6-8-19(14-18)25(26,27)28/h4-10,14,17,32H,11-13,15H2,1-3H3,(H,29,33)/b30-16+. The molecule has 0 bridgehead atoms.